The molecule has 32 valence electrons. The van der Waals surface area contributed by atoms with Gasteiger partial charge in [0.15, 0.2) is 0 Å². The molecule has 1 heterocycles. The van der Waals surface area contributed by atoms with Gasteiger partial charge in [-0.15, -0.1) is 7.87 Å². The van der Waals surface area contributed by atoms with E-state index in [-0.39, 0.29) is 0 Å². The Kier molecular flexibility index (Phi) is 1.29. The lowest BCUT2D eigenvalue weighted by atomic mass is 10.5. The first-order valence-corrected chi connectivity index (χ1v) is 4.73. The molecule has 1 unspecified atom stereocenters. The molecule has 0 saturated heterocycles. The van der Waals surface area contributed by atoms with E-state index in [0.29, 0.717) is 0 Å². The van der Waals surface area contributed by atoms with Crippen LogP contribution < -0.4 is 0 Å². The Hall–Kier alpha value is 0.210. The maximum absolute atomic E-state index is 2.28. The Morgan fingerprint density at radius 3 is 2.83 bits per heavy atom. The van der Waals surface area contributed by atoms with Gasteiger partial charge in [0.25, 0.3) is 0 Å². The zero-order valence-corrected chi connectivity index (χ0v) is 5.50. The summed E-state index contributed by atoms with van der Waals surface area (Å²) in [6.07, 6.45) is 0. The van der Waals surface area contributed by atoms with Crippen LogP contribution in [0.1, 0.15) is 5.56 Å². The fraction of sp³-hybridized carbons (Fsp3) is 0.250. The Bertz CT molecular complexity index is 109. The normalized spacial score (nSPS) is 11.5. The highest BCUT2D eigenvalue weighted by Crippen LogP contribution is 2.22. The molecule has 0 aliphatic heterocycles. The van der Waals surface area contributed by atoms with E-state index in [1.54, 1.807) is 0 Å². The molecule has 0 bridgehead atoms. The first-order valence-electron chi connectivity index (χ1n) is 1.85. The molecule has 0 amide bonds. The van der Waals surface area contributed by atoms with E-state index < -0.39 is 0 Å². The zero-order chi connectivity index (χ0) is 4.41. The summed E-state index contributed by atoms with van der Waals surface area (Å²) < 4.78 is 0. The van der Waals surface area contributed by atoms with Crippen LogP contribution in [0.25, 0.3) is 0 Å². The van der Waals surface area contributed by atoms with E-state index in [2.05, 4.69) is 18.5 Å². The van der Waals surface area contributed by atoms with Gasteiger partial charge in [-0.1, -0.05) is 7.87 Å². The van der Waals surface area contributed by atoms with Crippen molar-refractivity contribution < 1.29 is 0 Å². The minimum atomic E-state index is 1.04. The van der Waals surface area contributed by atoms with E-state index in [1.807, 2.05) is 0 Å². The molecule has 0 radical (unpaired) electrons. The maximum Gasteiger partial charge on any atom is -0.0277 e. The lowest BCUT2D eigenvalue weighted by molar-refractivity contribution is 1.58. The highest BCUT2D eigenvalue weighted by atomic mass is 31.8. The van der Waals surface area contributed by atoms with Gasteiger partial charge in [-0.25, -0.2) is 0 Å². The maximum atomic E-state index is 2.28. The summed E-state index contributed by atoms with van der Waals surface area (Å²) >= 11 is 0. The summed E-state index contributed by atoms with van der Waals surface area (Å²) in [5.74, 6) is 4.53. The molecule has 0 N–H and O–H groups in total. The van der Waals surface area contributed by atoms with Gasteiger partial charge < -0.3 is 0 Å². The van der Waals surface area contributed by atoms with Crippen molar-refractivity contribution in [3.63, 3.8) is 0 Å². The predicted molar refractivity (Wildman–Crippen MR) is 33.2 cm³/mol. The molecule has 1 aromatic heterocycles. The van der Waals surface area contributed by atoms with Crippen molar-refractivity contribution in [2.24, 2.45) is 0 Å². The topological polar surface area (TPSA) is 0 Å². The van der Waals surface area contributed by atoms with Crippen LogP contribution in [0.3, 0.4) is 0 Å². The average molecular weight is 116 g/mol. The van der Waals surface area contributed by atoms with Gasteiger partial charge in [0.1, 0.15) is 0 Å². The van der Waals surface area contributed by atoms with Gasteiger partial charge in [0, 0.05) is 0 Å². The highest BCUT2D eigenvalue weighted by Gasteiger charge is 1.74. The van der Waals surface area contributed by atoms with Crippen LogP contribution in [-0.4, -0.2) is 0 Å². The molecule has 0 fully saturated rings. The van der Waals surface area contributed by atoms with Crippen molar-refractivity contribution in [2.45, 2.75) is 6.92 Å². The molecule has 0 aliphatic carbocycles. The van der Waals surface area contributed by atoms with Crippen molar-refractivity contribution in [2.75, 3.05) is 0 Å². The summed E-state index contributed by atoms with van der Waals surface area (Å²) in [6, 6.07) is 0. The first-order chi connectivity index (χ1) is 2.89. The fourth-order valence-corrected chi connectivity index (χ4v) is 2.84. The van der Waals surface area contributed by atoms with E-state index in [4.69, 9.17) is 0 Å². The minimum absolute atomic E-state index is 1.04. The number of hydrogen-bond acceptors (Lipinski definition) is 0. The second-order valence-corrected chi connectivity index (χ2v) is 3.89. The summed E-state index contributed by atoms with van der Waals surface area (Å²) in [4.78, 5) is 0. The smallest absolute Gasteiger partial charge is 0.0277 e. The summed E-state index contributed by atoms with van der Waals surface area (Å²) in [6.45, 7) is 2.15. The first kappa shape index (κ1) is 4.37. The van der Waals surface area contributed by atoms with Crippen molar-refractivity contribution >= 4 is 15.7 Å². The fourth-order valence-electron chi connectivity index (χ4n) is 0.315. The molecule has 0 spiro atoms. The second-order valence-electron chi connectivity index (χ2n) is 1.28. The molecule has 0 aromatic carbocycles. The Balaban J connectivity index is 3.05. The van der Waals surface area contributed by atoms with E-state index >= 15 is 0 Å². The largest absolute Gasteiger partial charge is 0.110 e. The number of aryl methyl sites for hydroxylation is 1. The van der Waals surface area contributed by atoms with E-state index in [0.717, 1.165) is 7.87 Å². The standard InChI is InChI=1S/C4H6P2/c1-4-2-5-6-3-4/h2-3,5H,1H3. The minimum Gasteiger partial charge on any atom is -0.110 e. The monoisotopic (exact) mass is 116 g/mol. The van der Waals surface area contributed by atoms with Gasteiger partial charge in [0.05, 0.1) is 0 Å². The highest BCUT2D eigenvalue weighted by molar-refractivity contribution is 7.89. The Morgan fingerprint density at radius 2 is 2.67 bits per heavy atom. The SMILES string of the molecule is Cc1cp[pH]c1. The molecule has 2 heteroatoms. The third kappa shape index (κ3) is 0.834. The molecule has 1 rings (SSSR count). The Morgan fingerprint density at radius 1 is 1.83 bits per heavy atom. The average Bonchev–Trinajstić information content (AvgIpc) is 1.86. The molecule has 1 atom stereocenters. The van der Waals surface area contributed by atoms with Crippen LogP contribution in [0.15, 0.2) is 11.6 Å². The van der Waals surface area contributed by atoms with Crippen LogP contribution in [-0.2, 0) is 0 Å². The molecular formula is C4H6P2. The summed E-state index contributed by atoms with van der Waals surface area (Å²) in [7, 11) is 2.54. The third-order valence-corrected chi connectivity index (χ3v) is 3.13. The molecule has 0 saturated carbocycles. The van der Waals surface area contributed by atoms with Gasteiger partial charge in [-0.05, 0) is 24.1 Å². The van der Waals surface area contributed by atoms with Crippen LogP contribution in [0.2, 0.25) is 0 Å². The second kappa shape index (κ2) is 1.78. The van der Waals surface area contributed by atoms with Crippen LogP contribution in [0, 0.1) is 6.92 Å². The molecular weight excluding hydrogens is 110 g/mol. The van der Waals surface area contributed by atoms with Crippen LogP contribution in [0.5, 0.6) is 0 Å². The van der Waals surface area contributed by atoms with Crippen LogP contribution >= 0.6 is 15.7 Å². The van der Waals surface area contributed by atoms with Crippen molar-refractivity contribution in [3.05, 3.63) is 17.2 Å². The quantitative estimate of drug-likeness (QED) is 0.488. The van der Waals surface area contributed by atoms with Crippen molar-refractivity contribution in [3.8, 4) is 0 Å². The molecule has 0 aliphatic rings. The third-order valence-electron chi connectivity index (χ3n) is 0.635. The predicted octanol–water partition coefficient (Wildman–Crippen LogP) is 2.61. The van der Waals surface area contributed by atoms with Crippen LogP contribution in [0.4, 0.5) is 0 Å². The summed E-state index contributed by atoms with van der Waals surface area (Å²) in [5, 5.41) is 0. The zero-order valence-electron chi connectivity index (χ0n) is 3.60. The molecule has 0 nitrogen and oxygen atoms in total. The summed E-state index contributed by atoms with van der Waals surface area (Å²) in [5.41, 5.74) is 1.45. The van der Waals surface area contributed by atoms with E-state index in [9.17, 15) is 0 Å². The van der Waals surface area contributed by atoms with Gasteiger partial charge in [-0.2, -0.15) is 0 Å². The number of rotatable bonds is 0. The van der Waals surface area contributed by atoms with Gasteiger partial charge in [0.2, 0.25) is 0 Å². The molecule has 1 aromatic rings. The van der Waals surface area contributed by atoms with Gasteiger partial charge in [-0.3, -0.25) is 0 Å². The van der Waals surface area contributed by atoms with E-state index in [1.165, 1.54) is 13.4 Å². The lowest BCUT2D eigenvalue weighted by Crippen LogP contribution is -1.46. The lowest BCUT2D eigenvalue weighted by Gasteiger charge is -1.65. The Labute approximate surface area is 40.7 Å². The molecule has 6 heavy (non-hydrogen) atoms. The van der Waals surface area contributed by atoms with Crippen molar-refractivity contribution in [1.82, 2.24) is 0 Å². The number of hydrogen-bond donors (Lipinski definition) is 0. The van der Waals surface area contributed by atoms with Gasteiger partial charge >= 0.3 is 0 Å². The van der Waals surface area contributed by atoms with Crippen molar-refractivity contribution in [1.29, 1.82) is 0 Å².